The van der Waals surface area contributed by atoms with Crippen LogP contribution in [0.3, 0.4) is 0 Å². The van der Waals surface area contributed by atoms with Crippen LogP contribution in [0.2, 0.25) is 0 Å². The van der Waals surface area contributed by atoms with Gasteiger partial charge < -0.3 is 10.4 Å². The van der Waals surface area contributed by atoms with Crippen molar-refractivity contribution in [2.45, 2.75) is 19.9 Å². The summed E-state index contributed by atoms with van der Waals surface area (Å²) in [5.74, 6) is -1.11. The molecule has 0 aliphatic rings. The summed E-state index contributed by atoms with van der Waals surface area (Å²) in [6.45, 7) is 3.52. The summed E-state index contributed by atoms with van der Waals surface area (Å²) < 4.78 is 0. The van der Waals surface area contributed by atoms with Gasteiger partial charge in [-0.15, -0.1) is 0 Å². The Balaban J connectivity index is 2.75. The Bertz CT molecular complexity index is 449. The van der Waals surface area contributed by atoms with E-state index in [4.69, 9.17) is 5.11 Å². The van der Waals surface area contributed by atoms with Crippen LogP contribution in [0, 0.1) is 0 Å². The van der Waals surface area contributed by atoms with E-state index in [1.807, 2.05) is 11.8 Å². The van der Waals surface area contributed by atoms with Crippen molar-refractivity contribution in [3.05, 3.63) is 29.6 Å². The molecule has 0 unspecified atom stereocenters. The van der Waals surface area contributed by atoms with Crippen molar-refractivity contribution in [3.63, 3.8) is 0 Å². The van der Waals surface area contributed by atoms with Gasteiger partial charge in [0.25, 0.3) is 0 Å². The third-order valence-electron chi connectivity index (χ3n) is 2.60. The number of aromatic nitrogens is 1. The molecule has 0 saturated carbocycles. The monoisotopic (exact) mass is 265 g/mol. The maximum Gasteiger partial charge on any atom is 0.354 e. The Kier molecular flexibility index (Phi) is 5.95. The van der Waals surface area contributed by atoms with Crippen LogP contribution in [0.5, 0.6) is 0 Å². The fraction of sp³-hybridized carbons (Fsp3) is 0.462. The molecule has 0 saturated heterocycles. The maximum absolute atomic E-state index is 11.4. The van der Waals surface area contributed by atoms with Gasteiger partial charge in [-0.3, -0.25) is 9.69 Å². The minimum absolute atomic E-state index is 0.0221. The van der Waals surface area contributed by atoms with Gasteiger partial charge in [0.15, 0.2) is 0 Å². The molecule has 1 amide bonds. The quantitative estimate of drug-likeness (QED) is 0.759. The summed E-state index contributed by atoms with van der Waals surface area (Å²) >= 11 is 0. The molecule has 6 nitrogen and oxygen atoms in total. The van der Waals surface area contributed by atoms with Crippen molar-refractivity contribution in [1.29, 1.82) is 0 Å². The molecule has 19 heavy (non-hydrogen) atoms. The first-order valence-corrected chi connectivity index (χ1v) is 6.19. The van der Waals surface area contributed by atoms with E-state index >= 15 is 0 Å². The van der Waals surface area contributed by atoms with Crippen LogP contribution >= 0.6 is 0 Å². The van der Waals surface area contributed by atoms with Crippen LogP contribution in [-0.4, -0.2) is 47.0 Å². The van der Waals surface area contributed by atoms with Gasteiger partial charge in [-0.25, -0.2) is 9.78 Å². The largest absolute Gasteiger partial charge is 0.477 e. The van der Waals surface area contributed by atoms with Crippen molar-refractivity contribution in [2.75, 3.05) is 20.1 Å². The number of nitrogens with zero attached hydrogens (tertiary/aromatic N) is 2. The lowest BCUT2D eigenvalue weighted by Gasteiger charge is -2.20. The third kappa shape index (κ3) is 5.05. The first-order chi connectivity index (χ1) is 9.06. The Labute approximate surface area is 112 Å². The highest BCUT2D eigenvalue weighted by Gasteiger charge is 2.11. The SMILES string of the molecule is CCCN(CC(=O)NC)Cc1cccc(C(=O)O)n1. The zero-order valence-electron chi connectivity index (χ0n) is 11.2. The van der Waals surface area contributed by atoms with E-state index in [-0.39, 0.29) is 18.1 Å². The normalized spacial score (nSPS) is 10.5. The second-order valence-electron chi connectivity index (χ2n) is 4.20. The molecule has 0 aliphatic heterocycles. The molecule has 0 aliphatic carbocycles. The number of nitrogens with one attached hydrogen (secondary N) is 1. The van der Waals surface area contributed by atoms with Crippen LogP contribution in [0.15, 0.2) is 18.2 Å². The minimum atomic E-state index is -1.05. The van der Waals surface area contributed by atoms with Crippen molar-refractivity contribution >= 4 is 11.9 Å². The molecule has 6 heteroatoms. The number of rotatable bonds is 7. The van der Waals surface area contributed by atoms with Crippen molar-refractivity contribution in [1.82, 2.24) is 15.2 Å². The number of likely N-dealkylation sites (N-methyl/N-ethyl adjacent to an activating group) is 1. The number of carbonyl (C=O) groups excluding carboxylic acids is 1. The lowest BCUT2D eigenvalue weighted by atomic mass is 10.2. The lowest BCUT2D eigenvalue weighted by molar-refractivity contribution is -0.121. The van der Waals surface area contributed by atoms with Gasteiger partial charge in [0.05, 0.1) is 12.2 Å². The third-order valence-corrected chi connectivity index (χ3v) is 2.60. The van der Waals surface area contributed by atoms with E-state index in [2.05, 4.69) is 10.3 Å². The Morgan fingerprint density at radius 3 is 2.74 bits per heavy atom. The fourth-order valence-electron chi connectivity index (χ4n) is 1.73. The molecular weight excluding hydrogens is 246 g/mol. The predicted molar refractivity (Wildman–Crippen MR) is 70.8 cm³/mol. The highest BCUT2D eigenvalue weighted by atomic mass is 16.4. The van der Waals surface area contributed by atoms with Gasteiger partial charge in [-0.05, 0) is 25.1 Å². The summed E-state index contributed by atoms with van der Waals surface area (Å²) in [4.78, 5) is 28.2. The van der Waals surface area contributed by atoms with E-state index in [0.29, 0.717) is 12.2 Å². The molecule has 0 spiro atoms. The molecule has 1 heterocycles. The maximum atomic E-state index is 11.4. The number of amides is 1. The molecule has 1 rings (SSSR count). The smallest absolute Gasteiger partial charge is 0.354 e. The van der Waals surface area contributed by atoms with Crippen LogP contribution in [0.4, 0.5) is 0 Å². The highest BCUT2D eigenvalue weighted by molar-refractivity contribution is 5.85. The second-order valence-corrected chi connectivity index (χ2v) is 4.20. The number of hydrogen-bond donors (Lipinski definition) is 2. The van der Waals surface area contributed by atoms with E-state index < -0.39 is 5.97 Å². The molecule has 0 bridgehead atoms. The summed E-state index contributed by atoms with van der Waals surface area (Å²) in [5.41, 5.74) is 0.672. The van der Waals surface area contributed by atoms with Gasteiger partial charge in [0.1, 0.15) is 5.69 Å². The molecule has 0 radical (unpaired) electrons. The topological polar surface area (TPSA) is 82.5 Å². The fourth-order valence-corrected chi connectivity index (χ4v) is 1.73. The van der Waals surface area contributed by atoms with Gasteiger partial charge in [0.2, 0.25) is 5.91 Å². The first-order valence-electron chi connectivity index (χ1n) is 6.19. The number of aromatic carboxylic acids is 1. The van der Waals surface area contributed by atoms with Gasteiger partial charge in [0, 0.05) is 13.6 Å². The first kappa shape index (κ1) is 15.1. The average molecular weight is 265 g/mol. The summed E-state index contributed by atoms with van der Waals surface area (Å²) in [6.07, 6.45) is 0.912. The van der Waals surface area contributed by atoms with Crippen molar-refractivity contribution in [3.8, 4) is 0 Å². The summed E-state index contributed by atoms with van der Waals surface area (Å²) in [5, 5.41) is 11.5. The van der Waals surface area contributed by atoms with Crippen molar-refractivity contribution < 1.29 is 14.7 Å². The molecule has 0 atom stereocenters. The van der Waals surface area contributed by atoms with Crippen LogP contribution in [-0.2, 0) is 11.3 Å². The zero-order valence-corrected chi connectivity index (χ0v) is 11.2. The number of hydrogen-bond acceptors (Lipinski definition) is 4. The van der Waals surface area contributed by atoms with Gasteiger partial charge >= 0.3 is 5.97 Å². The molecule has 0 fully saturated rings. The predicted octanol–water partition coefficient (Wildman–Crippen LogP) is 0.738. The molecule has 2 N–H and O–H groups in total. The van der Waals surface area contributed by atoms with E-state index in [0.717, 1.165) is 13.0 Å². The summed E-state index contributed by atoms with van der Waals surface area (Å²) in [6, 6.07) is 4.88. The molecule has 1 aromatic rings. The van der Waals surface area contributed by atoms with E-state index in [1.54, 1.807) is 19.2 Å². The standard InChI is InChI=1S/C13H19N3O3/c1-3-7-16(9-12(17)14-2)8-10-5-4-6-11(15-10)13(18)19/h4-6H,3,7-9H2,1-2H3,(H,14,17)(H,18,19). The Morgan fingerprint density at radius 1 is 1.42 bits per heavy atom. The van der Waals surface area contributed by atoms with E-state index in [1.165, 1.54) is 6.07 Å². The molecule has 0 aromatic carbocycles. The molecule has 1 aromatic heterocycles. The van der Waals surface area contributed by atoms with Crippen LogP contribution in [0.1, 0.15) is 29.5 Å². The lowest BCUT2D eigenvalue weighted by Crippen LogP contribution is -2.35. The molecule has 104 valence electrons. The van der Waals surface area contributed by atoms with Crippen LogP contribution < -0.4 is 5.32 Å². The Hall–Kier alpha value is -1.95. The van der Waals surface area contributed by atoms with Gasteiger partial charge in [-0.2, -0.15) is 0 Å². The Morgan fingerprint density at radius 2 is 2.16 bits per heavy atom. The summed E-state index contributed by atoms with van der Waals surface area (Å²) in [7, 11) is 1.59. The molecular formula is C13H19N3O3. The zero-order chi connectivity index (χ0) is 14.3. The number of carboxylic acids is 1. The highest BCUT2D eigenvalue weighted by Crippen LogP contribution is 2.05. The number of carbonyl (C=O) groups is 2. The number of carboxylic acid groups (broad SMARTS) is 1. The van der Waals surface area contributed by atoms with Crippen LogP contribution in [0.25, 0.3) is 0 Å². The minimum Gasteiger partial charge on any atom is -0.477 e. The second kappa shape index (κ2) is 7.48. The van der Waals surface area contributed by atoms with Crippen molar-refractivity contribution in [2.24, 2.45) is 0 Å². The average Bonchev–Trinajstić information content (AvgIpc) is 2.39. The van der Waals surface area contributed by atoms with Gasteiger partial charge in [-0.1, -0.05) is 13.0 Å². The van der Waals surface area contributed by atoms with E-state index in [9.17, 15) is 9.59 Å². The number of pyridine rings is 1.